The Bertz CT molecular complexity index is 1010. The summed E-state index contributed by atoms with van der Waals surface area (Å²) >= 11 is 0. The highest BCUT2D eigenvalue weighted by Gasteiger charge is 2.44. The van der Waals surface area contributed by atoms with Crippen molar-refractivity contribution >= 4 is 0 Å². The Morgan fingerprint density at radius 2 is 1.47 bits per heavy atom. The van der Waals surface area contributed by atoms with Crippen molar-refractivity contribution in [2.45, 2.75) is 18.0 Å². The lowest BCUT2D eigenvalue weighted by molar-refractivity contribution is -0.137. The quantitative estimate of drug-likeness (QED) is 0.516. The van der Waals surface area contributed by atoms with E-state index in [9.17, 15) is 30.7 Å². The maximum absolute atomic E-state index is 15.0. The van der Waals surface area contributed by atoms with Crippen LogP contribution < -0.4 is 5.73 Å². The third-order valence-corrected chi connectivity index (χ3v) is 4.66. The molecule has 0 bridgehead atoms. The zero-order chi connectivity index (χ0) is 22.1. The van der Waals surface area contributed by atoms with Gasteiger partial charge in [0.1, 0.15) is 17.3 Å². The molecule has 0 radical (unpaired) electrons. The molecule has 0 fully saturated rings. The van der Waals surface area contributed by atoms with E-state index in [2.05, 4.69) is 4.98 Å². The molecule has 0 aliphatic carbocycles. The Morgan fingerprint density at radius 1 is 0.833 bits per heavy atom. The fourth-order valence-corrected chi connectivity index (χ4v) is 3.05. The standard InChI is InChI=1S/C21H15F7N2/c22-15-6-7-16(18(23)9-15)17(10-29)20(24,25)19-8-3-13(11-30-19)12-1-4-14(5-2-12)21(26,27)28/h1-9,11,17H,10,29H2. The third kappa shape index (κ3) is 4.30. The molecule has 3 aromatic rings. The molecule has 0 spiro atoms. The molecule has 3 rings (SSSR count). The molecular weight excluding hydrogens is 413 g/mol. The molecule has 1 atom stereocenters. The van der Waals surface area contributed by atoms with Gasteiger partial charge in [-0.05, 0) is 35.4 Å². The molecule has 1 heterocycles. The number of hydrogen-bond donors (Lipinski definition) is 1. The molecule has 1 unspecified atom stereocenters. The number of alkyl halides is 5. The smallest absolute Gasteiger partial charge is 0.330 e. The zero-order valence-electron chi connectivity index (χ0n) is 15.2. The van der Waals surface area contributed by atoms with Crippen LogP contribution >= 0.6 is 0 Å². The Kier molecular flexibility index (Phi) is 5.85. The van der Waals surface area contributed by atoms with E-state index < -0.39 is 53.0 Å². The van der Waals surface area contributed by atoms with Crippen molar-refractivity contribution in [3.8, 4) is 11.1 Å². The minimum Gasteiger partial charge on any atom is -0.330 e. The number of rotatable bonds is 5. The van der Waals surface area contributed by atoms with Gasteiger partial charge in [0.05, 0.1) is 11.5 Å². The number of nitrogens with two attached hydrogens (primary N) is 1. The topological polar surface area (TPSA) is 38.9 Å². The zero-order valence-corrected chi connectivity index (χ0v) is 15.2. The molecule has 30 heavy (non-hydrogen) atoms. The largest absolute Gasteiger partial charge is 0.416 e. The first kappa shape index (κ1) is 21.8. The first-order chi connectivity index (χ1) is 14.0. The average Bonchev–Trinajstić information content (AvgIpc) is 2.69. The molecule has 2 aromatic carbocycles. The lowest BCUT2D eigenvalue weighted by atomic mass is 9.89. The van der Waals surface area contributed by atoms with Gasteiger partial charge in [0.15, 0.2) is 0 Å². The van der Waals surface area contributed by atoms with Gasteiger partial charge in [0, 0.05) is 24.4 Å². The summed E-state index contributed by atoms with van der Waals surface area (Å²) in [5.74, 6) is -7.52. The summed E-state index contributed by atoms with van der Waals surface area (Å²) in [6.45, 7) is -0.627. The van der Waals surface area contributed by atoms with Crippen LogP contribution in [0.15, 0.2) is 60.8 Å². The molecule has 2 nitrogen and oxygen atoms in total. The Balaban J connectivity index is 1.90. The Labute approximate surface area is 167 Å². The number of hydrogen-bond acceptors (Lipinski definition) is 2. The third-order valence-electron chi connectivity index (χ3n) is 4.66. The van der Waals surface area contributed by atoms with E-state index in [0.29, 0.717) is 17.2 Å². The highest BCUT2D eigenvalue weighted by atomic mass is 19.4. The van der Waals surface area contributed by atoms with Gasteiger partial charge in [-0.25, -0.2) is 8.78 Å². The molecule has 2 N–H and O–H groups in total. The van der Waals surface area contributed by atoms with E-state index in [-0.39, 0.29) is 0 Å². The van der Waals surface area contributed by atoms with Gasteiger partial charge in [-0.2, -0.15) is 22.0 Å². The molecule has 0 saturated carbocycles. The molecule has 158 valence electrons. The summed E-state index contributed by atoms with van der Waals surface area (Å²) in [5, 5.41) is 0. The summed E-state index contributed by atoms with van der Waals surface area (Å²) in [6, 6.07) is 8.69. The van der Waals surface area contributed by atoms with Crippen LogP contribution in [0.5, 0.6) is 0 Å². The summed E-state index contributed by atoms with van der Waals surface area (Å²) < 4.78 is 95.0. The SMILES string of the molecule is NCC(c1ccc(F)cc1F)C(F)(F)c1ccc(-c2ccc(C(F)(F)F)cc2)cn1. The van der Waals surface area contributed by atoms with E-state index in [1.54, 1.807) is 0 Å². The van der Waals surface area contributed by atoms with Crippen molar-refractivity contribution in [1.82, 2.24) is 4.98 Å². The van der Waals surface area contributed by atoms with E-state index >= 15 is 0 Å². The van der Waals surface area contributed by atoms with Crippen molar-refractivity contribution < 1.29 is 30.7 Å². The van der Waals surface area contributed by atoms with Crippen molar-refractivity contribution in [2.24, 2.45) is 5.73 Å². The van der Waals surface area contributed by atoms with Crippen molar-refractivity contribution in [2.75, 3.05) is 6.54 Å². The van der Waals surface area contributed by atoms with Crippen molar-refractivity contribution in [3.63, 3.8) is 0 Å². The number of nitrogens with zero attached hydrogens (tertiary/aromatic N) is 1. The van der Waals surface area contributed by atoms with Crippen molar-refractivity contribution in [3.05, 3.63) is 89.2 Å². The molecule has 1 aromatic heterocycles. The lowest BCUT2D eigenvalue weighted by Gasteiger charge is -2.26. The fourth-order valence-electron chi connectivity index (χ4n) is 3.05. The lowest BCUT2D eigenvalue weighted by Crippen LogP contribution is -2.31. The minimum absolute atomic E-state index is 0.320. The maximum atomic E-state index is 15.0. The summed E-state index contributed by atoms with van der Waals surface area (Å²) in [7, 11) is 0. The second-order valence-corrected chi connectivity index (χ2v) is 6.58. The Morgan fingerprint density at radius 3 is 1.97 bits per heavy atom. The van der Waals surface area contributed by atoms with Gasteiger partial charge >= 0.3 is 6.18 Å². The van der Waals surface area contributed by atoms with E-state index in [4.69, 9.17) is 5.73 Å². The average molecular weight is 428 g/mol. The second kappa shape index (κ2) is 8.06. The number of benzene rings is 2. The fraction of sp³-hybridized carbons (Fsp3) is 0.190. The predicted octanol–water partition coefficient (Wildman–Crippen LogP) is 5.88. The van der Waals surface area contributed by atoms with Crippen LogP contribution in [0.4, 0.5) is 30.7 Å². The van der Waals surface area contributed by atoms with Crippen LogP contribution in [0.2, 0.25) is 0 Å². The number of aromatic nitrogens is 1. The van der Waals surface area contributed by atoms with Gasteiger partial charge in [-0.15, -0.1) is 0 Å². The molecule has 0 amide bonds. The minimum atomic E-state index is -4.49. The van der Waals surface area contributed by atoms with Gasteiger partial charge in [-0.3, -0.25) is 4.98 Å². The second-order valence-electron chi connectivity index (χ2n) is 6.58. The molecule has 0 aliphatic rings. The van der Waals surface area contributed by atoms with E-state index in [1.807, 2.05) is 0 Å². The van der Waals surface area contributed by atoms with E-state index in [0.717, 1.165) is 36.5 Å². The van der Waals surface area contributed by atoms with Gasteiger partial charge in [0.25, 0.3) is 5.92 Å². The van der Waals surface area contributed by atoms with Gasteiger partial charge < -0.3 is 5.73 Å². The summed E-state index contributed by atoms with van der Waals surface area (Å²) in [5.41, 5.74) is 4.14. The molecule has 9 heteroatoms. The number of halogens is 7. The predicted molar refractivity (Wildman–Crippen MR) is 96.7 cm³/mol. The normalized spacial score (nSPS) is 13.3. The summed E-state index contributed by atoms with van der Waals surface area (Å²) in [4.78, 5) is 3.72. The van der Waals surface area contributed by atoms with Crippen LogP contribution in [0.1, 0.15) is 22.7 Å². The van der Waals surface area contributed by atoms with Crippen molar-refractivity contribution in [1.29, 1.82) is 0 Å². The maximum Gasteiger partial charge on any atom is 0.416 e. The molecular formula is C21H15F7N2. The monoisotopic (exact) mass is 428 g/mol. The van der Waals surface area contributed by atoms with Crippen LogP contribution in [0.25, 0.3) is 11.1 Å². The first-order valence-corrected chi connectivity index (χ1v) is 8.71. The first-order valence-electron chi connectivity index (χ1n) is 8.71. The van der Waals surface area contributed by atoms with Crippen LogP contribution in [-0.4, -0.2) is 11.5 Å². The van der Waals surface area contributed by atoms with Crippen LogP contribution in [0.3, 0.4) is 0 Å². The number of pyridine rings is 1. The van der Waals surface area contributed by atoms with E-state index in [1.165, 1.54) is 18.2 Å². The Hall–Kier alpha value is -2.94. The van der Waals surface area contributed by atoms with Crippen LogP contribution in [0, 0.1) is 11.6 Å². The summed E-state index contributed by atoms with van der Waals surface area (Å²) in [6.07, 6.45) is -3.41. The highest BCUT2D eigenvalue weighted by Crippen LogP contribution is 2.42. The molecule has 0 saturated heterocycles. The van der Waals surface area contributed by atoms with Gasteiger partial charge in [0.2, 0.25) is 0 Å². The van der Waals surface area contributed by atoms with Crippen LogP contribution in [-0.2, 0) is 12.1 Å². The van der Waals surface area contributed by atoms with Gasteiger partial charge in [-0.1, -0.05) is 24.3 Å². The highest BCUT2D eigenvalue weighted by molar-refractivity contribution is 5.63. The molecule has 0 aliphatic heterocycles.